The van der Waals surface area contributed by atoms with Gasteiger partial charge in [-0.2, -0.15) is 0 Å². The van der Waals surface area contributed by atoms with Gasteiger partial charge in [0.05, 0.1) is 6.61 Å². The van der Waals surface area contributed by atoms with Crippen molar-refractivity contribution in [1.29, 1.82) is 0 Å². The SMILES string of the molecule is [CH2]CN(C)CCO. The van der Waals surface area contributed by atoms with Crippen LogP contribution in [0.2, 0.25) is 0 Å². The highest BCUT2D eigenvalue weighted by Crippen LogP contribution is 1.74. The minimum absolute atomic E-state index is 0.228. The van der Waals surface area contributed by atoms with Crippen molar-refractivity contribution in [3.05, 3.63) is 6.92 Å². The Balaban J connectivity index is 2.83. The molecule has 0 saturated carbocycles. The van der Waals surface area contributed by atoms with Crippen LogP contribution in [0, 0.1) is 6.92 Å². The summed E-state index contributed by atoms with van der Waals surface area (Å²) < 4.78 is 0. The third-order valence-corrected chi connectivity index (χ3v) is 0.863. The van der Waals surface area contributed by atoms with E-state index in [1.807, 2.05) is 11.9 Å². The van der Waals surface area contributed by atoms with Crippen LogP contribution < -0.4 is 0 Å². The normalized spacial score (nSPS) is 10.3. The molecular formula is C5H12NO. The van der Waals surface area contributed by atoms with Crippen LogP contribution >= 0.6 is 0 Å². The zero-order valence-corrected chi connectivity index (χ0v) is 4.72. The first-order valence-corrected chi connectivity index (χ1v) is 2.40. The lowest BCUT2D eigenvalue weighted by molar-refractivity contribution is 0.232. The summed E-state index contributed by atoms with van der Waals surface area (Å²) >= 11 is 0. The lowest BCUT2D eigenvalue weighted by Crippen LogP contribution is -2.21. The summed E-state index contributed by atoms with van der Waals surface area (Å²) in [6.45, 7) is 5.34. The number of hydrogen-bond donors (Lipinski definition) is 1. The van der Waals surface area contributed by atoms with Crippen LogP contribution in [-0.4, -0.2) is 36.8 Å². The van der Waals surface area contributed by atoms with E-state index in [1.54, 1.807) is 0 Å². The molecule has 0 spiro atoms. The Labute approximate surface area is 44.8 Å². The molecule has 0 aromatic heterocycles. The van der Waals surface area contributed by atoms with Crippen molar-refractivity contribution >= 4 is 0 Å². The van der Waals surface area contributed by atoms with Gasteiger partial charge in [-0.05, 0) is 20.5 Å². The van der Waals surface area contributed by atoms with Gasteiger partial charge >= 0.3 is 0 Å². The highest BCUT2D eigenvalue weighted by Gasteiger charge is 1.87. The predicted octanol–water partition coefficient (Wildman–Crippen LogP) is -0.255. The third-order valence-electron chi connectivity index (χ3n) is 0.863. The van der Waals surface area contributed by atoms with Gasteiger partial charge in [0, 0.05) is 6.54 Å². The van der Waals surface area contributed by atoms with E-state index in [9.17, 15) is 0 Å². The van der Waals surface area contributed by atoms with Crippen LogP contribution in [0.15, 0.2) is 0 Å². The van der Waals surface area contributed by atoms with Gasteiger partial charge in [-0.3, -0.25) is 0 Å². The first-order chi connectivity index (χ1) is 3.31. The summed E-state index contributed by atoms with van der Waals surface area (Å²) in [6, 6.07) is 0. The Morgan fingerprint density at radius 1 is 1.71 bits per heavy atom. The molecule has 0 aliphatic heterocycles. The topological polar surface area (TPSA) is 23.5 Å². The molecule has 0 rings (SSSR count). The van der Waals surface area contributed by atoms with Crippen LogP contribution in [-0.2, 0) is 0 Å². The van der Waals surface area contributed by atoms with E-state index in [2.05, 4.69) is 6.92 Å². The molecule has 0 aromatic rings. The predicted molar refractivity (Wildman–Crippen MR) is 29.9 cm³/mol. The molecule has 0 aliphatic carbocycles. The Hall–Kier alpha value is -0.0800. The van der Waals surface area contributed by atoms with Crippen molar-refractivity contribution in [3.63, 3.8) is 0 Å². The Morgan fingerprint density at radius 3 is 2.43 bits per heavy atom. The molecule has 2 heteroatoms. The van der Waals surface area contributed by atoms with E-state index in [-0.39, 0.29) is 6.61 Å². The van der Waals surface area contributed by atoms with E-state index < -0.39 is 0 Å². The van der Waals surface area contributed by atoms with Gasteiger partial charge in [-0.15, -0.1) is 0 Å². The van der Waals surface area contributed by atoms with Crippen LogP contribution in [0.25, 0.3) is 0 Å². The maximum absolute atomic E-state index is 8.30. The number of aliphatic hydroxyl groups is 1. The van der Waals surface area contributed by atoms with Gasteiger partial charge < -0.3 is 10.0 Å². The van der Waals surface area contributed by atoms with Crippen LogP contribution in [0.5, 0.6) is 0 Å². The molecule has 0 saturated heterocycles. The molecule has 0 amide bonds. The molecule has 43 valence electrons. The summed E-state index contributed by atoms with van der Waals surface area (Å²) in [5.74, 6) is 0. The fourth-order valence-electron chi connectivity index (χ4n) is 0.283. The van der Waals surface area contributed by atoms with E-state index in [0.29, 0.717) is 0 Å². The number of hydrogen-bond acceptors (Lipinski definition) is 2. The maximum Gasteiger partial charge on any atom is 0.0558 e. The Morgan fingerprint density at radius 2 is 2.29 bits per heavy atom. The van der Waals surface area contributed by atoms with Crippen molar-refractivity contribution in [2.24, 2.45) is 0 Å². The molecule has 0 aromatic carbocycles. The zero-order chi connectivity index (χ0) is 5.70. The van der Waals surface area contributed by atoms with Crippen LogP contribution in [0.4, 0.5) is 0 Å². The molecule has 0 aliphatic rings. The standard InChI is InChI=1S/C5H12NO/c1-3-6(2)4-5-7/h7H,1,3-5H2,2H3. The van der Waals surface area contributed by atoms with Gasteiger partial charge in [0.2, 0.25) is 0 Å². The minimum Gasteiger partial charge on any atom is -0.395 e. The van der Waals surface area contributed by atoms with Gasteiger partial charge in [0.1, 0.15) is 0 Å². The third kappa shape index (κ3) is 3.76. The van der Waals surface area contributed by atoms with Gasteiger partial charge in [-0.1, -0.05) is 0 Å². The largest absolute Gasteiger partial charge is 0.395 e. The van der Waals surface area contributed by atoms with Crippen LogP contribution in [0.1, 0.15) is 0 Å². The molecule has 7 heavy (non-hydrogen) atoms. The number of aliphatic hydroxyl groups excluding tert-OH is 1. The average molecular weight is 102 g/mol. The average Bonchev–Trinajstić information content (AvgIpc) is 1.68. The summed E-state index contributed by atoms with van der Waals surface area (Å²) in [5.41, 5.74) is 0. The number of likely N-dealkylation sites (N-methyl/N-ethyl adjacent to an activating group) is 1. The van der Waals surface area contributed by atoms with Gasteiger partial charge in [0.25, 0.3) is 0 Å². The Kier molecular flexibility index (Phi) is 4.04. The van der Waals surface area contributed by atoms with Crippen molar-refractivity contribution in [3.8, 4) is 0 Å². The van der Waals surface area contributed by atoms with Crippen molar-refractivity contribution in [2.45, 2.75) is 0 Å². The second-order valence-corrected chi connectivity index (χ2v) is 1.53. The van der Waals surface area contributed by atoms with Crippen molar-refractivity contribution in [1.82, 2.24) is 4.90 Å². The molecule has 0 atom stereocenters. The highest BCUT2D eigenvalue weighted by molar-refractivity contribution is 4.48. The fraction of sp³-hybridized carbons (Fsp3) is 0.800. The second kappa shape index (κ2) is 4.09. The summed E-state index contributed by atoms with van der Waals surface area (Å²) in [5, 5.41) is 8.30. The molecule has 1 N–H and O–H groups in total. The van der Waals surface area contributed by atoms with Crippen molar-refractivity contribution < 1.29 is 5.11 Å². The molecule has 1 radical (unpaired) electrons. The highest BCUT2D eigenvalue weighted by atomic mass is 16.3. The summed E-state index contributed by atoms with van der Waals surface area (Å²) in [7, 11) is 1.92. The quantitative estimate of drug-likeness (QED) is 0.531. The lowest BCUT2D eigenvalue weighted by atomic mass is 10.6. The molecule has 0 heterocycles. The summed E-state index contributed by atoms with van der Waals surface area (Å²) in [6.07, 6.45) is 0. The minimum atomic E-state index is 0.228. The molecule has 0 bridgehead atoms. The van der Waals surface area contributed by atoms with Gasteiger partial charge in [-0.25, -0.2) is 0 Å². The zero-order valence-electron chi connectivity index (χ0n) is 4.72. The van der Waals surface area contributed by atoms with E-state index >= 15 is 0 Å². The molecule has 0 fully saturated rings. The fourth-order valence-corrected chi connectivity index (χ4v) is 0.283. The van der Waals surface area contributed by atoms with Crippen LogP contribution in [0.3, 0.4) is 0 Å². The van der Waals surface area contributed by atoms with E-state index in [0.717, 1.165) is 13.1 Å². The second-order valence-electron chi connectivity index (χ2n) is 1.53. The van der Waals surface area contributed by atoms with Crippen molar-refractivity contribution in [2.75, 3.05) is 26.7 Å². The molecular weight excluding hydrogens is 90.1 g/mol. The van der Waals surface area contributed by atoms with Gasteiger partial charge in [0.15, 0.2) is 0 Å². The maximum atomic E-state index is 8.30. The summed E-state index contributed by atoms with van der Waals surface area (Å²) in [4.78, 5) is 1.94. The molecule has 2 nitrogen and oxygen atoms in total. The molecule has 0 unspecified atom stereocenters. The Bertz CT molecular complexity index is 39.1. The monoisotopic (exact) mass is 102 g/mol. The number of nitrogens with zero attached hydrogens (tertiary/aromatic N) is 1. The lowest BCUT2D eigenvalue weighted by Gasteiger charge is -2.09. The number of rotatable bonds is 3. The first kappa shape index (κ1) is 6.92. The van der Waals surface area contributed by atoms with E-state index in [4.69, 9.17) is 5.11 Å². The smallest absolute Gasteiger partial charge is 0.0558 e. The van der Waals surface area contributed by atoms with E-state index in [1.165, 1.54) is 0 Å². The first-order valence-electron chi connectivity index (χ1n) is 2.40.